The van der Waals surface area contributed by atoms with Crippen LogP contribution in [0.5, 0.6) is 11.5 Å². The molecule has 0 aliphatic carbocycles. The Morgan fingerprint density at radius 2 is 2.00 bits per heavy atom. The molecule has 1 atom stereocenters. The number of morpholine rings is 1. The zero-order valence-electron chi connectivity index (χ0n) is 13.2. The Morgan fingerprint density at radius 1 is 1.24 bits per heavy atom. The fraction of sp³-hybridized carbons (Fsp3) is 0.625. The maximum Gasteiger partial charge on any atom is 0.165 e. The predicted molar refractivity (Wildman–Crippen MR) is 83.1 cm³/mol. The van der Waals surface area contributed by atoms with Crippen molar-refractivity contribution in [3.05, 3.63) is 23.8 Å². The first-order chi connectivity index (χ1) is 10.2. The summed E-state index contributed by atoms with van der Waals surface area (Å²) in [6.45, 7) is 7.75. The largest absolute Gasteiger partial charge is 0.493 e. The van der Waals surface area contributed by atoms with Gasteiger partial charge in [-0.1, -0.05) is 12.1 Å². The average Bonchev–Trinajstić information content (AvgIpc) is 2.53. The number of hydrogen-bond donors (Lipinski definition) is 1. The van der Waals surface area contributed by atoms with E-state index in [9.17, 15) is 0 Å². The van der Waals surface area contributed by atoms with Crippen molar-refractivity contribution < 1.29 is 14.2 Å². The zero-order valence-corrected chi connectivity index (χ0v) is 13.2. The lowest BCUT2D eigenvalue weighted by molar-refractivity contribution is 0.0343. The minimum Gasteiger partial charge on any atom is -0.493 e. The quantitative estimate of drug-likeness (QED) is 0.826. The summed E-state index contributed by atoms with van der Waals surface area (Å²) in [6, 6.07) is 6.39. The first-order valence-corrected chi connectivity index (χ1v) is 7.48. The minimum absolute atomic E-state index is 0.416. The first kappa shape index (κ1) is 16.1. The molecule has 1 aliphatic heterocycles. The third-order valence-corrected chi connectivity index (χ3v) is 3.76. The van der Waals surface area contributed by atoms with E-state index in [4.69, 9.17) is 14.2 Å². The van der Waals surface area contributed by atoms with Crippen molar-refractivity contribution in [2.75, 3.05) is 47.1 Å². The number of methoxy groups -OCH3 is 2. The molecule has 5 nitrogen and oxygen atoms in total. The van der Waals surface area contributed by atoms with Crippen molar-refractivity contribution in [3.63, 3.8) is 0 Å². The molecule has 1 heterocycles. The van der Waals surface area contributed by atoms with E-state index in [0.29, 0.717) is 6.04 Å². The molecule has 1 aromatic rings. The van der Waals surface area contributed by atoms with Crippen molar-refractivity contribution in [3.8, 4) is 11.5 Å². The van der Waals surface area contributed by atoms with Crippen molar-refractivity contribution in [2.45, 2.75) is 19.5 Å². The van der Waals surface area contributed by atoms with E-state index in [2.05, 4.69) is 23.2 Å². The van der Waals surface area contributed by atoms with Gasteiger partial charge >= 0.3 is 0 Å². The summed E-state index contributed by atoms with van der Waals surface area (Å²) in [5.41, 5.74) is 1.12. The molecule has 1 N–H and O–H groups in total. The van der Waals surface area contributed by atoms with Gasteiger partial charge in [0.2, 0.25) is 0 Å². The second-order valence-electron chi connectivity index (χ2n) is 5.35. The van der Waals surface area contributed by atoms with Gasteiger partial charge in [-0.05, 0) is 13.0 Å². The van der Waals surface area contributed by atoms with E-state index in [0.717, 1.165) is 56.5 Å². The lowest BCUT2D eigenvalue weighted by Crippen LogP contribution is -2.44. The molecule has 1 saturated heterocycles. The summed E-state index contributed by atoms with van der Waals surface area (Å²) in [6.07, 6.45) is 0. The van der Waals surface area contributed by atoms with Crippen LogP contribution >= 0.6 is 0 Å². The molecule has 0 radical (unpaired) electrons. The summed E-state index contributed by atoms with van der Waals surface area (Å²) < 4.78 is 16.2. The van der Waals surface area contributed by atoms with E-state index in [1.165, 1.54) is 0 Å². The van der Waals surface area contributed by atoms with E-state index in [-0.39, 0.29) is 0 Å². The maximum atomic E-state index is 5.46. The van der Waals surface area contributed by atoms with E-state index in [1.807, 2.05) is 12.1 Å². The standard InChI is InChI=1S/C16H26N2O3/c1-13(12-18-7-9-21-10-8-18)17-11-14-5-4-6-15(19-2)16(14)20-3/h4-6,13,17H,7-12H2,1-3H3. The summed E-state index contributed by atoms with van der Waals surface area (Å²) in [5.74, 6) is 1.59. The molecule has 1 aliphatic rings. The SMILES string of the molecule is COc1cccc(CNC(C)CN2CCOCC2)c1OC. The monoisotopic (exact) mass is 294 g/mol. The van der Waals surface area contributed by atoms with Gasteiger partial charge in [0.1, 0.15) is 0 Å². The molecule has 0 aromatic heterocycles. The van der Waals surface area contributed by atoms with Crippen molar-refractivity contribution in [2.24, 2.45) is 0 Å². The van der Waals surface area contributed by atoms with Crippen LogP contribution in [0.3, 0.4) is 0 Å². The predicted octanol–water partition coefficient (Wildman–Crippen LogP) is 1.51. The molecule has 0 spiro atoms. The molecule has 21 heavy (non-hydrogen) atoms. The second kappa shape index (κ2) is 8.22. The third kappa shape index (κ3) is 4.59. The van der Waals surface area contributed by atoms with Gasteiger partial charge in [-0.25, -0.2) is 0 Å². The van der Waals surface area contributed by atoms with Gasteiger partial charge in [0.25, 0.3) is 0 Å². The van der Waals surface area contributed by atoms with Crippen LogP contribution < -0.4 is 14.8 Å². The topological polar surface area (TPSA) is 43.0 Å². The molecule has 2 rings (SSSR count). The number of ether oxygens (including phenoxy) is 3. The third-order valence-electron chi connectivity index (χ3n) is 3.76. The summed E-state index contributed by atoms with van der Waals surface area (Å²) in [5, 5.41) is 3.55. The van der Waals surface area contributed by atoms with Crippen LogP contribution in [0.1, 0.15) is 12.5 Å². The highest BCUT2D eigenvalue weighted by molar-refractivity contribution is 5.46. The molecule has 0 bridgehead atoms. The number of nitrogens with one attached hydrogen (secondary N) is 1. The van der Waals surface area contributed by atoms with Crippen molar-refractivity contribution >= 4 is 0 Å². The van der Waals surface area contributed by atoms with Crippen molar-refractivity contribution in [1.82, 2.24) is 10.2 Å². The Morgan fingerprint density at radius 3 is 2.67 bits per heavy atom. The molecule has 0 amide bonds. The van der Waals surface area contributed by atoms with Crippen LogP contribution in [0, 0.1) is 0 Å². The number of hydrogen-bond acceptors (Lipinski definition) is 5. The molecule has 5 heteroatoms. The fourth-order valence-electron chi connectivity index (χ4n) is 2.61. The van der Waals surface area contributed by atoms with Gasteiger partial charge < -0.3 is 19.5 Å². The van der Waals surface area contributed by atoms with E-state index >= 15 is 0 Å². The van der Waals surface area contributed by atoms with Crippen LogP contribution in [-0.2, 0) is 11.3 Å². The number of para-hydroxylation sites is 1. The zero-order chi connectivity index (χ0) is 15.1. The molecule has 1 aromatic carbocycles. The second-order valence-corrected chi connectivity index (χ2v) is 5.35. The minimum atomic E-state index is 0.416. The molecule has 1 fully saturated rings. The Hall–Kier alpha value is -1.30. The lowest BCUT2D eigenvalue weighted by atomic mass is 10.1. The van der Waals surface area contributed by atoms with Gasteiger partial charge in [0, 0.05) is 37.8 Å². The average molecular weight is 294 g/mol. The van der Waals surface area contributed by atoms with Crippen LogP contribution in [0.2, 0.25) is 0 Å². The summed E-state index contributed by atoms with van der Waals surface area (Å²) in [4.78, 5) is 2.43. The molecular formula is C16H26N2O3. The Labute approximate surface area is 127 Å². The van der Waals surface area contributed by atoms with Crippen molar-refractivity contribution in [1.29, 1.82) is 0 Å². The molecule has 118 valence electrons. The van der Waals surface area contributed by atoms with Gasteiger partial charge in [-0.2, -0.15) is 0 Å². The van der Waals surface area contributed by atoms with Crippen LogP contribution in [0.15, 0.2) is 18.2 Å². The summed E-state index contributed by atoms with van der Waals surface area (Å²) >= 11 is 0. The fourth-order valence-corrected chi connectivity index (χ4v) is 2.61. The lowest BCUT2D eigenvalue weighted by Gasteiger charge is -2.29. The van der Waals surface area contributed by atoms with E-state index in [1.54, 1.807) is 14.2 Å². The normalized spacial score (nSPS) is 17.5. The van der Waals surface area contributed by atoms with Gasteiger partial charge in [0.05, 0.1) is 27.4 Å². The highest BCUT2D eigenvalue weighted by Crippen LogP contribution is 2.30. The highest BCUT2D eigenvalue weighted by Gasteiger charge is 2.14. The number of benzene rings is 1. The Bertz CT molecular complexity index is 434. The molecule has 0 saturated carbocycles. The number of nitrogens with zero attached hydrogens (tertiary/aromatic N) is 1. The highest BCUT2D eigenvalue weighted by atomic mass is 16.5. The van der Waals surface area contributed by atoms with Gasteiger partial charge in [-0.15, -0.1) is 0 Å². The Balaban J connectivity index is 1.87. The summed E-state index contributed by atoms with van der Waals surface area (Å²) in [7, 11) is 3.34. The van der Waals surface area contributed by atoms with E-state index < -0.39 is 0 Å². The first-order valence-electron chi connectivity index (χ1n) is 7.48. The number of rotatable bonds is 7. The van der Waals surface area contributed by atoms with Crippen LogP contribution in [0.4, 0.5) is 0 Å². The smallest absolute Gasteiger partial charge is 0.165 e. The maximum absolute atomic E-state index is 5.46. The Kier molecular flexibility index (Phi) is 6.29. The molecular weight excluding hydrogens is 268 g/mol. The molecule has 1 unspecified atom stereocenters. The van der Waals surface area contributed by atoms with Gasteiger partial charge in [0.15, 0.2) is 11.5 Å². The van der Waals surface area contributed by atoms with Crippen LogP contribution in [0.25, 0.3) is 0 Å². The van der Waals surface area contributed by atoms with Crippen LogP contribution in [-0.4, -0.2) is 58.0 Å². The van der Waals surface area contributed by atoms with Gasteiger partial charge in [-0.3, -0.25) is 4.90 Å².